The minimum absolute atomic E-state index is 0.326. The zero-order valence-corrected chi connectivity index (χ0v) is 7.40. The average molecular weight is 169 g/mol. The molecule has 0 heterocycles. The molecule has 0 bridgehead atoms. The molecule has 2 nitrogen and oxygen atoms in total. The minimum atomic E-state index is 0.326. The quantitative estimate of drug-likeness (QED) is 0.669. The van der Waals surface area contributed by atoms with E-state index in [-0.39, 0.29) is 0 Å². The third-order valence-corrected chi connectivity index (χ3v) is 1.78. The van der Waals surface area contributed by atoms with E-state index >= 15 is 0 Å². The van der Waals surface area contributed by atoms with Crippen LogP contribution in [0.15, 0.2) is 24.3 Å². The van der Waals surface area contributed by atoms with Gasteiger partial charge in [-0.3, -0.25) is 0 Å². The molecule has 0 aliphatic heterocycles. The summed E-state index contributed by atoms with van der Waals surface area (Å²) >= 11 is 0. The monoisotopic (exact) mass is 169 g/mol. The van der Waals surface area contributed by atoms with E-state index in [1.165, 1.54) is 5.56 Å². The molecule has 0 amide bonds. The van der Waals surface area contributed by atoms with Gasteiger partial charge in [-0.05, 0) is 24.1 Å². The molecular weight excluding hydrogens is 157 g/mol. The molecule has 0 saturated heterocycles. The van der Waals surface area contributed by atoms with Gasteiger partial charge < -0.3 is 10.2 Å². The van der Waals surface area contributed by atoms with Gasteiger partial charge in [0.15, 0.2) is 0 Å². The van der Waals surface area contributed by atoms with Gasteiger partial charge in [0.2, 0.25) is 0 Å². The van der Waals surface area contributed by atoms with Crippen molar-refractivity contribution < 1.29 is 5.11 Å². The van der Waals surface area contributed by atoms with Gasteiger partial charge in [-0.2, -0.15) is 0 Å². The van der Waals surface area contributed by atoms with Gasteiger partial charge in [0.1, 0.15) is 5.75 Å². The van der Waals surface area contributed by atoms with Crippen molar-refractivity contribution in [3.8, 4) is 5.75 Å². The van der Waals surface area contributed by atoms with Crippen LogP contribution in [0.5, 0.6) is 5.75 Å². The first-order chi connectivity index (χ1) is 5.33. The molecule has 3 heteroatoms. The highest BCUT2D eigenvalue weighted by Crippen LogP contribution is 2.09. The Balaban J connectivity index is 2.52. The molecule has 11 heavy (non-hydrogen) atoms. The molecule has 0 aromatic heterocycles. The summed E-state index contributed by atoms with van der Waals surface area (Å²) in [5.41, 5.74) is 1.23. The van der Waals surface area contributed by atoms with Crippen molar-refractivity contribution in [2.24, 2.45) is 0 Å². The lowest BCUT2D eigenvalue weighted by molar-refractivity contribution is 0.475. The van der Waals surface area contributed by atoms with E-state index in [9.17, 15) is 0 Å². The van der Waals surface area contributed by atoms with Crippen molar-refractivity contribution in [1.29, 1.82) is 0 Å². The Morgan fingerprint density at radius 3 is 2.45 bits per heavy atom. The summed E-state index contributed by atoms with van der Waals surface area (Å²) in [6.45, 7) is 0.940. The van der Waals surface area contributed by atoms with Gasteiger partial charge in [0.25, 0.3) is 0 Å². The highest BCUT2D eigenvalue weighted by atomic mass is 31.0. The van der Waals surface area contributed by atoms with Crippen molar-refractivity contribution in [2.75, 3.05) is 6.54 Å². The van der Waals surface area contributed by atoms with Crippen LogP contribution < -0.4 is 5.09 Å². The summed E-state index contributed by atoms with van der Waals surface area (Å²) < 4.78 is 0. The minimum Gasteiger partial charge on any atom is -0.508 e. The summed E-state index contributed by atoms with van der Waals surface area (Å²) in [5.74, 6) is 0.326. The van der Waals surface area contributed by atoms with Crippen molar-refractivity contribution >= 4 is 9.39 Å². The Kier molecular flexibility index (Phi) is 3.34. The Labute approximate surface area is 68.9 Å². The fraction of sp³-hybridized carbons (Fsp3) is 0.250. The van der Waals surface area contributed by atoms with Crippen LogP contribution in [-0.2, 0) is 6.42 Å². The molecule has 1 aromatic rings. The number of hydrogen-bond acceptors (Lipinski definition) is 2. The molecule has 0 spiro atoms. The second kappa shape index (κ2) is 4.32. The lowest BCUT2D eigenvalue weighted by Crippen LogP contribution is -2.03. The van der Waals surface area contributed by atoms with Crippen LogP contribution in [0.3, 0.4) is 0 Å². The topological polar surface area (TPSA) is 32.3 Å². The summed E-state index contributed by atoms with van der Waals surface area (Å²) in [7, 11) is 2.46. The zero-order valence-electron chi connectivity index (χ0n) is 6.25. The summed E-state index contributed by atoms with van der Waals surface area (Å²) in [6.07, 6.45) is 0.990. The molecule has 2 N–H and O–H groups in total. The zero-order chi connectivity index (χ0) is 8.10. The maximum atomic E-state index is 8.96. The highest BCUT2D eigenvalue weighted by molar-refractivity contribution is 7.13. The lowest BCUT2D eigenvalue weighted by Gasteiger charge is -1.99. The lowest BCUT2D eigenvalue weighted by atomic mass is 10.1. The fourth-order valence-corrected chi connectivity index (χ4v) is 1.02. The van der Waals surface area contributed by atoms with Crippen molar-refractivity contribution in [2.45, 2.75) is 6.42 Å². The summed E-state index contributed by atoms with van der Waals surface area (Å²) in [5, 5.41) is 11.9. The second-order valence-electron chi connectivity index (χ2n) is 2.37. The van der Waals surface area contributed by atoms with Crippen LogP contribution in [0.1, 0.15) is 5.56 Å². The van der Waals surface area contributed by atoms with E-state index < -0.39 is 0 Å². The first-order valence-electron chi connectivity index (χ1n) is 3.54. The van der Waals surface area contributed by atoms with Crippen LogP contribution >= 0.6 is 9.39 Å². The van der Waals surface area contributed by atoms with Crippen LogP contribution in [0.2, 0.25) is 0 Å². The van der Waals surface area contributed by atoms with Crippen LogP contribution in [0.4, 0.5) is 0 Å². The molecule has 0 radical (unpaired) electrons. The van der Waals surface area contributed by atoms with Crippen molar-refractivity contribution in [3.63, 3.8) is 0 Å². The van der Waals surface area contributed by atoms with Gasteiger partial charge in [-0.1, -0.05) is 21.5 Å². The fourth-order valence-electron chi connectivity index (χ4n) is 0.879. The number of rotatable bonds is 3. The normalized spacial score (nSPS) is 9.91. The summed E-state index contributed by atoms with van der Waals surface area (Å²) in [4.78, 5) is 0. The predicted octanol–water partition coefficient (Wildman–Crippen LogP) is 1.31. The number of phenols is 1. The molecule has 0 aliphatic rings. The van der Waals surface area contributed by atoms with Gasteiger partial charge in [0.05, 0.1) is 0 Å². The Morgan fingerprint density at radius 1 is 1.27 bits per heavy atom. The largest absolute Gasteiger partial charge is 0.508 e. The number of nitrogens with one attached hydrogen (secondary N) is 1. The molecule has 60 valence electrons. The highest BCUT2D eigenvalue weighted by Gasteiger charge is 1.90. The smallest absolute Gasteiger partial charge is 0.115 e. The number of hydrogen-bond donors (Lipinski definition) is 2. The molecule has 0 fully saturated rings. The predicted molar refractivity (Wildman–Crippen MR) is 49.5 cm³/mol. The third-order valence-electron chi connectivity index (χ3n) is 1.49. The maximum absolute atomic E-state index is 8.96. The number of phenolic OH excluding ortho intramolecular Hbond substituents is 1. The van der Waals surface area contributed by atoms with Crippen LogP contribution in [-0.4, -0.2) is 11.7 Å². The molecule has 1 unspecified atom stereocenters. The van der Waals surface area contributed by atoms with Gasteiger partial charge >= 0.3 is 0 Å². The first kappa shape index (κ1) is 8.51. The number of benzene rings is 1. The molecule has 1 aromatic carbocycles. The Hall–Kier alpha value is -0.590. The van der Waals surface area contributed by atoms with Crippen LogP contribution in [0, 0.1) is 0 Å². The van der Waals surface area contributed by atoms with Gasteiger partial charge in [-0.25, -0.2) is 0 Å². The molecule has 1 atom stereocenters. The van der Waals surface area contributed by atoms with E-state index in [2.05, 4.69) is 14.5 Å². The standard InChI is InChI=1S/C8H12NOP/c10-8-3-1-7(2-4-8)5-6-9-11/h1-4,9-10H,5-6,11H2. The average Bonchev–Trinajstić information content (AvgIpc) is 2.04. The molecule has 0 aliphatic carbocycles. The van der Waals surface area contributed by atoms with Crippen molar-refractivity contribution in [1.82, 2.24) is 5.09 Å². The first-order valence-corrected chi connectivity index (χ1v) is 4.12. The third kappa shape index (κ3) is 2.87. The van der Waals surface area contributed by atoms with E-state index in [1.807, 2.05) is 12.1 Å². The Bertz CT molecular complexity index is 210. The van der Waals surface area contributed by atoms with Gasteiger partial charge in [0, 0.05) is 6.54 Å². The molecule has 0 saturated carbocycles. The number of aromatic hydroxyl groups is 1. The second-order valence-corrected chi connectivity index (χ2v) is 2.78. The van der Waals surface area contributed by atoms with Gasteiger partial charge in [-0.15, -0.1) is 0 Å². The maximum Gasteiger partial charge on any atom is 0.115 e. The van der Waals surface area contributed by atoms with E-state index in [0.29, 0.717) is 5.75 Å². The summed E-state index contributed by atoms with van der Waals surface area (Å²) in [6, 6.07) is 7.27. The molecular formula is C8H12NOP. The van der Waals surface area contributed by atoms with E-state index in [0.717, 1.165) is 13.0 Å². The molecule has 1 rings (SSSR count). The SMILES string of the molecule is Oc1ccc(CCNP)cc1. The van der Waals surface area contributed by atoms with E-state index in [1.54, 1.807) is 12.1 Å². The van der Waals surface area contributed by atoms with Crippen LogP contribution in [0.25, 0.3) is 0 Å². The Morgan fingerprint density at radius 2 is 1.91 bits per heavy atom. The van der Waals surface area contributed by atoms with Crippen molar-refractivity contribution in [3.05, 3.63) is 29.8 Å². The van der Waals surface area contributed by atoms with E-state index in [4.69, 9.17) is 5.11 Å².